The van der Waals surface area contributed by atoms with Crippen LogP contribution in [0.5, 0.6) is 5.75 Å². The van der Waals surface area contributed by atoms with Gasteiger partial charge in [-0.1, -0.05) is 29.8 Å². The first-order chi connectivity index (χ1) is 11.5. The number of H-pyrrole nitrogens is 1. The van der Waals surface area contributed by atoms with Crippen molar-refractivity contribution in [3.63, 3.8) is 0 Å². The van der Waals surface area contributed by atoms with Crippen molar-refractivity contribution in [1.29, 1.82) is 0 Å². The third-order valence-electron chi connectivity index (χ3n) is 3.62. The second kappa shape index (κ2) is 6.76. The van der Waals surface area contributed by atoms with Crippen LogP contribution in [0.3, 0.4) is 0 Å². The van der Waals surface area contributed by atoms with E-state index in [1.807, 2.05) is 13.0 Å². The van der Waals surface area contributed by atoms with Gasteiger partial charge < -0.3 is 15.0 Å². The Bertz CT molecular complexity index is 966. The summed E-state index contributed by atoms with van der Waals surface area (Å²) in [6.45, 7) is 1.65. The van der Waals surface area contributed by atoms with Crippen LogP contribution in [-0.2, 0) is 4.79 Å². The maximum Gasteiger partial charge on any atom is 0.262 e. The molecule has 24 heavy (non-hydrogen) atoms. The number of benzene rings is 2. The highest BCUT2D eigenvalue weighted by molar-refractivity contribution is 6.31. The normalized spacial score (nSPS) is 10.6. The minimum Gasteiger partial charge on any atom is -0.482 e. The van der Waals surface area contributed by atoms with E-state index in [0.29, 0.717) is 22.0 Å². The van der Waals surface area contributed by atoms with Gasteiger partial charge in [0.15, 0.2) is 6.61 Å². The van der Waals surface area contributed by atoms with Crippen LogP contribution in [-0.4, -0.2) is 17.5 Å². The Morgan fingerprint density at radius 1 is 1.17 bits per heavy atom. The second-order valence-corrected chi connectivity index (χ2v) is 5.70. The van der Waals surface area contributed by atoms with Crippen molar-refractivity contribution in [2.75, 3.05) is 11.9 Å². The number of aromatic amines is 1. The largest absolute Gasteiger partial charge is 0.482 e. The summed E-state index contributed by atoms with van der Waals surface area (Å²) in [5.74, 6) is 0.138. The van der Waals surface area contributed by atoms with Gasteiger partial charge in [0.2, 0.25) is 5.56 Å². The number of para-hydroxylation sites is 1. The van der Waals surface area contributed by atoms with E-state index in [1.54, 1.807) is 36.4 Å². The third-order valence-corrected chi connectivity index (χ3v) is 4.03. The van der Waals surface area contributed by atoms with E-state index in [2.05, 4.69) is 10.3 Å². The summed E-state index contributed by atoms with van der Waals surface area (Å²) in [6.07, 6.45) is 0. The van der Waals surface area contributed by atoms with Crippen molar-refractivity contribution in [2.24, 2.45) is 0 Å². The molecule has 3 rings (SSSR count). The highest BCUT2D eigenvalue weighted by Crippen LogP contribution is 2.24. The first kappa shape index (κ1) is 16.1. The molecular formula is C18H15ClN2O3. The molecule has 0 unspecified atom stereocenters. The second-order valence-electron chi connectivity index (χ2n) is 5.29. The monoisotopic (exact) mass is 342 g/mol. The maximum absolute atomic E-state index is 12.1. The number of carbonyl (C=O) groups is 1. The Hall–Kier alpha value is -2.79. The molecule has 0 aliphatic carbocycles. The van der Waals surface area contributed by atoms with Crippen LogP contribution >= 0.6 is 11.6 Å². The van der Waals surface area contributed by atoms with E-state index in [9.17, 15) is 9.59 Å². The average Bonchev–Trinajstić information content (AvgIpc) is 2.57. The van der Waals surface area contributed by atoms with Crippen LogP contribution in [0.2, 0.25) is 5.02 Å². The molecule has 1 aromatic heterocycles. The topological polar surface area (TPSA) is 71.2 Å². The minimum absolute atomic E-state index is 0.179. The standard InChI is InChI=1S/C18H15ClN2O3/c1-11-13(19)5-3-6-14(11)20-17(23)10-24-15-7-2-4-12-8-9-16(22)21-18(12)15/h2-9H,10H2,1H3,(H,20,23)(H,21,22). The molecule has 2 aromatic carbocycles. The number of fused-ring (bicyclic) bond motifs is 1. The summed E-state index contributed by atoms with van der Waals surface area (Å²) in [5, 5.41) is 4.18. The molecule has 0 bridgehead atoms. The van der Waals surface area contributed by atoms with Crippen LogP contribution in [0, 0.1) is 6.92 Å². The number of hydrogen-bond acceptors (Lipinski definition) is 3. The highest BCUT2D eigenvalue weighted by Gasteiger charge is 2.09. The van der Waals surface area contributed by atoms with E-state index in [-0.39, 0.29) is 18.1 Å². The number of carbonyl (C=O) groups excluding carboxylic acids is 1. The SMILES string of the molecule is Cc1c(Cl)cccc1NC(=O)COc1cccc2ccc(=O)[nH]c12. The van der Waals surface area contributed by atoms with Gasteiger partial charge in [-0.2, -0.15) is 0 Å². The number of pyridine rings is 1. The molecule has 0 fully saturated rings. The summed E-state index contributed by atoms with van der Waals surface area (Å²) >= 11 is 6.03. The van der Waals surface area contributed by atoms with Crippen molar-refractivity contribution >= 4 is 34.1 Å². The summed E-state index contributed by atoms with van der Waals surface area (Å²) < 4.78 is 5.56. The van der Waals surface area contributed by atoms with E-state index >= 15 is 0 Å². The van der Waals surface area contributed by atoms with Gasteiger partial charge in [-0.05, 0) is 36.8 Å². The number of anilines is 1. The zero-order valence-electron chi connectivity index (χ0n) is 12.9. The molecule has 5 nitrogen and oxygen atoms in total. The number of nitrogens with one attached hydrogen (secondary N) is 2. The molecule has 0 radical (unpaired) electrons. The lowest BCUT2D eigenvalue weighted by atomic mass is 10.2. The summed E-state index contributed by atoms with van der Waals surface area (Å²) in [4.78, 5) is 26.3. The molecule has 0 saturated heterocycles. The number of amides is 1. The zero-order chi connectivity index (χ0) is 17.1. The number of ether oxygens (including phenoxy) is 1. The maximum atomic E-state index is 12.1. The Labute approximate surface area is 143 Å². The van der Waals surface area contributed by atoms with Gasteiger partial charge >= 0.3 is 0 Å². The molecule has 0 aliphatic heterocycles. The minimum atomic E-state index is -0.310. The summed E-state index contributed by atoms with van der Waals surface area (Å²) in [7, 11) is 0. The first-order valence-electron chi connectivity index (χ1n) is 7.34. The van der Waals surface area contributed by atoms with Crippen molar-refractivity contribution in [1.82, 2.24) is 4.98 Å². The van der Waals surface area contributed by atoms with Crippen molar-refractivity contribution < 1.29 is 9.53 Å². The summed E-state index contributed by atoms with van der Waals surface area (Å²) in [6, 6.07) is 13.8. The van der Waals surface area contributed by atoms with Crippen molar-refractivity contribution in [3.05, 3.63) is 69.5 Å². The predicted molar refractivity (Wildman–Crippen MR) is 94.9 cm³/mol. The molecule has 0 aliphatic rings. The first-order valence-corrected chi connectivity index (χ1v) is 7.72. The fraction of sp³-hybridized carbons (Fsp3) is 0.111. The molecule has 0 spiro atoms. The lowest BCUT2D eigenvalue weighted by Crippen LogP contribution is -2.21. The fourth-order valence-electron chi connectivity index (χ4n) is 2.34. The zero-order valence-corrected chi connectivity index (χ0v) is 13.7. The number of aromatic nitrogens is 1. The van der Waals surface area contributed by atoms with Gasteiger partial charge in [-0.25, -0.2) is 0 Å². The quantitative estimate of drug-likeness (QED) is 0.762. The van der Waals surface area contributed by atoms with Gasteiger partial charge in [0.05, 0.1) is 5.52 Å². The van der Waals surface area contributed by atoms with Gasteiger partial charge in [0, 0.05) is 22.2 Å². The number of rotatable bonds is 4. The Morgan fingerprint density at radius 2 is 1.96 bits per heavy atom. The van der Waals surface area contributed by atoms with Gasteiger partial charge in [-0.3, -0.25) is 9.59 Å². The average molecular weight is 343 g/mol. The molecular weight excluding hydrogens is 328 g/mol. The predicted octanol–water partition coefficient (Wildman–Crippen LogP) is 3.51. The fourth-order valence-corrected chi connectivity index (χ4v) is 2.52. The van der Waals surface area contributed by atoms with Crippen molar-refractivity contribution in [2.45, 2.75) is 6.92 Å². The summed E-state index contributed by atoms with van der Waals surface area (Å²) in [5.41, 5.74) is 1.78. The van der Waals surface area contributed by atoms with Gasteiger partial charge in [0.1, 0.15) is 5.75 Å². The van der Waals surface area contributed by atoms with Gasteiger partial charge in [0.25, 0.3) is 5.91 Å². The lowest BCUT2D eigenvalue weighted by molar-refractivity contribution is -0.118. The lowest BCUT2D eigenvalue weighted by Gasteiger charge is -2.11. The molecule has 122 valence electrons. The van der Waals surface area contributed by atoms with Crippen molar-refractivity contribution in [3.8, 4) is 5.75 Å². The molecule has 2 N–H and O–H groups in total. The van der Waals surface area contributed by atoms with E-state index in [0.717, 1.165) is 10.9 Å². The number of halogens is 1. The third kappa shape index (κ3) is 3.41. The van der Waals surface area contributed by atoms with Crippen LogP contribution in [0.15, 0.2) is 53.3 Å². The highest BCUT2D eigenvalue weighted by atomic mass is 35.5. The van der Waals surface area contributed by atoms with E-state index in [1.165, 1.54) is 6.07 Å². The molecule has 3 aromatic rings. The Kier molecular flexibility index (Phi) is 4.53. The molecule has 1 heterocycles. The molecule has 6 heteroatoms. The molecule has 0 atom stereocenters. The van der Waals surface area contributed by atoms with Crippen LogP contribution in [0.4, 0.5) is 5.69 Å². The van der Waals surface area contributed by atoms with Crippen LogP contribution in [0.25, 0.3) is 10.9 Å². The van der Waals surface area contributed by atoms with Crippen LogP contribution in [0.1, 0.15) is 5.56 Å². The molecule has 1 amide bonds. The Balaban J connectivity index is 1.74. The molecule has 0 saturated carbocycles. The van der Waals surface area contributed by atoms with Crippen LogP contribution < -0.4 is 15.6 Å². The Morgan fingerprint density at radius 3 is 2.79 bits per heavy atom. The van der Waals surface area contributed by atoms with E-state index < -0.39 is 0 Å². The number of hydrogen-bond donors (Lipinski definition) is 2. The van der Waals surface area contributed by atoms with Gasteiger partial charge in [-0.15, -0.1) is 0 Å². The smallest absolute Gasteiger partial charge is 0.262 e. The van der Waals surface area contributed by atoms with E-state index in [4.69, 9.17) is 16.3 Å².